The van der Waals surface area contributed by atoms with Crippen LogP contribution in [0, 0.1) is 0 Å². The monoisotopic (exact) mass is 366 g/mol. The molecule has 1 amide bonds. The first-order chi connectivity index (χ1) is 13.0. The van der Waals surface area contributed by atoms with Gasteiger partial charge in [0.2, 0.25) is 0 Å². The summed E-state index contributed by atoms with van der Waals surface area (Å²) in [5, 5.41) is 0. The number of carbonyl (C=O) groups excluding carboxylic acids is 1. The lowest BCUT2D eigenvalue weighted by atomic mass is 10.0. The highest BCUT2D eigenvalue weighted by molar-refractivity contribution is 5.94. The van der Waals surface area contributed by atoms with Crippen LogP contribution in [0.2, 0.25) is 0 Å². The van der Waals surface area contributed by atoms with Crippen LogP contribution < -0.4 is 4.90 Å². The van der Waals surface area contributed by atoms with Crippen molar-refractivity contribution in [1.29, 1.82) is 0 Å². The predicted molar refractivity (Wildman–Crippen MR) is 111 cm³/mol. The van der Waals surface area contributed by atoms with Gasteiger partial charge < -0.3 is 14.5 Å². The highest BCUT2D eigenvalue weighted by atomic mass is 16.5. The number of rotatable bonds is 6. The summed E-state index contributed by atoms with van der Waals surface area (Å²) in [4.78, 5) is 16.6. The smallest absolute Gasteiger partial charge is 0.253 e. The molecule has 1 aliphatic heterocycles. The highest BCUT2D eigenvalue weighted by Gasteiger charge is 2.17. The van der Waals surface area contributed by atoms with Crippen molar-refractivity contribution in [3.8, 4) is 11.1 Å². The van der Waals surface area contributed by atoms with E-state index in [-0.39, 0.29) is 5.91 Å². The molecule has 3 rings (SSSR count). The predicted octanol–water partition coefficient (Wildman–Crippen LogP) is 4.45. The van der Waals surface area contributed by atoms with Gasteiger partial charge in [0.1, 0.15) is 0 Å². The molecule has 0 spiro atoms. The molecule has 1 atom stereocenters. The molecule has 0 radical (unpaired) electrons. The zero-order valence-electron chi connectivity index (χ0n) is 16.6. The van der Waals surface area contributed by atoms with Crippen LogP contribution in [0.5, 0.6) is 0 Å². The van der Waals surface area contributed by atoms with Crippen molar-refractivity contribution in [3.63, 3.8) is 0 Å². The molecule has 2 aromatic rings. The van der Waals surface area contributed by atoms with Gasteiger partial charge in [-0.25, -0.2) is 0 Å². The second kappa shape index (κ2) is 9.05. The summed E-state index contributed by atoms with van der Waals surface area (Å²) in [6.07, 6.45) is 4.73. The SMILES string of the molecule is CN(CC[C@H]1CCCCO1)C(=O)c1ccc(-c2ccc(N(C)C)cc2)cc1. The molecule has 1 heterocycles. The molecule has 4 heteroatoms. The standard InChI is InChI=1S/C23H30N2O2/c1-24(2)21-13-11-19(12-14-21)18-7-9-20(10-8-18)23(26)25(3)16-15-22-6-4-5-17-27-22/h7-14,22H,4-6,15-17H2,1-3H3/t22-/m1/s1. The van der Waals surface area contributed by atoms with Gasteiger partial charge in [-0.15, -0.1) is 0 Å². The maximum atomic E-state index is 12.7. The lowest BCUT2D eigenvalue weighted by molar-refractivity contribution is 0.00709. The minimum atomic E-state index is 0.0697. The molecular formula is C23H30N2O2. The number of benzene rings is 2. The molecule has 0 saturated carbocycles. The minimum absolute atomic E-state index is 0.0697. The van der Waals surface area contributed by atoms with E-state index < -0.39 is 0 Å². The number of carbonyl (C=O) groups is 1. The van der Waals surface area contributed by atoms with E-state index in [0.29, 0.717) is 6.10 Å². The third-order valence-electron chi connectivity index (χ3n) is 5.26. The van der Waals surface area contributed by atoms with Gasteiger partial charge in [-0.1, -0.05) is 24.3 Å². The Morgan fingerprint density at radius 1 is 0.963 bits per heavy atom. The van der Waals surface area contributed by atoms with Gasteiger partial charge in [-0.3, -0.25) is 4.79 Å². The Labute approximate surface area is 162 Å². The molecule has 0 aromatic heterocycles. The van der Waals surface area contributed by atoms with E-state index in [9.17, 15) is 4.79 Å². The fraction of sp³-hybridized carbons (Fsp3) is 0.435. The Kier molecular flexibility index (Phi) is 6.51. The maximum absolute atomic E-state index is 12.7. The van der Waals surface area contributed by atoms with Crippen molar-refractivity contribution in [2.45, 2.75) is 31.8 Å². The largest absolute Gasteiger partial charge is 0.378 e. The van der Waals surface area contributed by atoms with Gasteiger partial charge in [-0.2, -0.15) is 0 Å². The van der Waals surface area contributed by atoms with Crippen molar-refractivity contribution >= 4 is 11.6 Å². The Morgan fingerprint density at radius 2 is 1.59 bits per heavy atom. The van der Waals surface area contributed by atoms with Crippen LogP contribution in [-0.4, -0.2) is 51.2 Å². The number of anilines is 1. The second-order valence-electron chi connectivity index (χ2n) is 7.52. The molecule has 4 nitrogen and oxygen atoms in total. The van der Waals surface area contributed by atoms with E-state index in [0.717, 1.165) is 49.1 Å². The summed E-state index contributed by atoms with van der Waals surface area (Å²) in [5.74, 6) is 0.0697. The van der Waals surface area contributed by atoms with Crippen molar-refractivity contribution < 1.29 is 9.53 Å². The number of hydrogen-bond donors (Lipinski definition) is 0. The Hall–Kier alpha value is -2.33. The second-order valence-corrected chi connectivity index (χ2v) is 7.52. The first kappa shape index (κ1) is 19.4. The zero-order valence-corrected chi connectivity index (χ0v) is 16.6. The lowest BCUT2D eigenvalue weighted by Gasteiger charge is -2.25. The van der Waals surface area contributed by atoms with Gasteiger partial charge in [0.15, 0.2) is 0 Å². The first-order valence-electron chi connectivity index (χ1n) is 9.79. The summed E-state index contributed by atoms with van der Waals surface area (Å²) in [7, 11) is 5.94. The molecule has 0 bridgehead atoms. The van der Waals surface area contributed by atoms with Crippen LogP contribution in [0.4, 0.5) is 5.69 Å². The van der Waals surface area contributed by atoms with Crippen molar-refractivity contribution in [2.24, 2.45) is 0 Å². The minimum Gasteiger partial charge on any atom is -0.378 e. The fourth-order valence-electron chi connectivity index (χ4n) is 3.45. The Bertz CT molecular complexity index is 732. The fourth-order valence-corrected chi connectivity index (χ4v) is 3.45. The zero-order chi connectivity index (χ0) is 19.2. The highest BCUT2D eigenvalue weighted by Crippen LogP contribution is 2.23. The normalized spacial score (nSPS) is 16.8. The van der Waals surface area contributed by atoms with Crippen LogP contribution in [-0.2, 0) is 4.74 Å². The van der Waals surface area contributed by atoms with Crippen LogP contribution >= 0.6 is 0 Å². The summed E-state index contributed by atoms with van der Waals surface area (Å²) in [5.41, 5.74) is 4.18. The van der Waals surface area contributed by atoms with Crippen LogP contribution in [0.25, 0.3) is 11.1 Å². The summed E-state index contributed by atoms with van der Waals surface area (Å²) in [6.45, 7) is 1.59. The number of hydrogen-bond acceptors (Lipinski definition) is 3. The molecular weight excluding hydrogens is 336 g/mol. The molecule has 1 saturated heterocycles. The van der Waals surface area contributed by atoms with Crippen molar-refractivity contribution in [3.05, 3.63) is 54.1 Å². The van der Waals surface area contributed by atoms with Crippen LogP contribution in [0.3, 0.4) is 0 Å². The van der Waals surface area contributed by atoms with Gasteiger partial charge in [-0.05, 0) is 61.1 Å². The van der Waals surface area contributed by atoms with Crippen molar-refractivity contribution in [1.82, 2.24) is 4.90 Å². The molecule has 1 fully saturated rings. The van der Waals surface area contributed by atoms with E-state index in [1.807, 2.05) is 45.4 Å². The number of ether oxygens (including phenoxy) is 1. The molecule has 2 aromatic carbocycles. The molecule has 0 N–H and O–H groups in total. The van der Waals surface area contributed by atoms with Gasteiger partial charge >= 0.3 is 0 Å². The maximum Gasteiger partial charge on any atom is 0.253 e. The summed E-state index contributed by atoms with van der Waals surface area (Å²) in [6, 6.07) is 16.3. The van der Waals surface area contributed by atoms with E-state index >= 15 is 0 Å². The number of amides is 1. The van der Waals surface area contributed by atoms with E-state index in [1.54, 1.807) is 4.90 Å². The Balaban J connectivity index is 1.59. The molecule has 144 valence electrons. The molecule has 0 unspecified atom stereocenters. The molecule has 27 heavy (non-hydrogen) atoms. The summed E-state index contributed by atoms with van der Waals surface area (Å²) < 4.78 is 5.76. The van der Waals surface area contributed by atoms with Crippen LogP contribution in [0.15, 0.2) is 48.5 Å². The average Bonchev–Trinajstić information content (AvgIpc) is 2.72. The number of nitrogens with zero attached hydrogens (tertiary/aromatic N) is 2. The van der Waals surface area contributed by atoms with Crippen molar-refractivity contribution in [2.75, 3.05) is 39.2 Å². The van der Waals surface area contributed by atoms with E-state index in [1.165, 1.54) is 12.1 Å². The van der Waals surface area contributed by atoms with Crippen LogP contribution in [0.1, 0.15) is 36.0 Å². The molecule has 0 aliphatic carbocycles. The van der Waals surface area contributed by atoms with Gasteiger partial charge in [0, 0.05) is 45.5 Å². The Morgan fingerprint density at radius 3 is 2.15 bits per heavy atom. The van der Waals surface area contributed by atoms with E-state index in [2.05, 4.69) is 29.2 Å². The first-order valence-corrected chi connectivity index (χ1v) is 9.79. The molecule has 1 aliphatic rings. The quantitative estimate of drug-likeness (QED) is 0.757. The van der Waals surface area contributed by atoms with E-state index in [4.69, 9.17) is 4.74 Å². The van der Waals surface area contributed by atoms with Gasteiger partial charge in [0.05, 0.1) is 6.10 Å². The summed E-state index contributed by atoms with van der Waals surface area (Å²) >= 11 is 0. The third kappa shape index (κ3) is 5.10. The van der Waals surface area contributed by atoms with Gasteiger partial charge in [0.25, 0.3) is 5.91 Å². The third-order valence-corrected chi connectivity index (χ3v) is 5.26. The topological polar surface area (TPSA) is 32.8 Å². The average molecular weight is 367 g/mol. The lowest BCUT2D eigenvalue weighted by Crippen LogP contribution is -2.31.